The average Bonchev–Trinajstić information content (AvgIpc) is 2.85. The smallest absolute Gasteiger partial charge is 0.329 e. The van der Waals surface area contributed by atoms with Crippen molar-refractivity contribution in [3.05, 3.63) is 34.6 Å². The van der Waals surface area contributed by atoms with Gasteiger partial charge in [-0.25, -0.2) is 9.18 Å². The number of nitrogens with zero attached hydrogens (tertiary/aromatic N) is 1. The van der Waals surface area contributed by atoms with Crippen molar-refractivity contribution in [1.29, 1.82) is 0 Å². The van der Waals surface area contributed by atoms with Crippen LogP contribution in [0.1, 0.15) is 18.0 Å². The van der Waals surface area contributed by atoms with Crippen molar-refractivity contribution in [2.45, 2.75) is 12.5 Å². The van der Waals surface area contributed by atoms with Crippen LogP contribution in [0.4, 0.5) is 4.39 Å². The molecule has 136 valence electrons. The van der Waals surface area contributed by atoms with Crippen LogP contribution in [-0.4, -0.2) is 54.6 Å². The lowest BCUT2D eigenvalue weighted by atomic mass is 9.93. The van der Waals surface area contributed by atoms with Gasteiger partial charge in [0, 0.05) is 20.0 Å². The highest BCUT2D eigenvalue weighted by Gasteiger charge is 2.42. The summed E-state index contributed by atoms with van der Waals surface area (Å²) in [4.78, 5) is 36.1. The van der Waals surface area contributed by atoms with Gasteiger partial charge in [0.25, 0.3) is 0 Å². The standard InChI is InChI=1S/C16H18ClFN2O5/c1-20-13(21)7-10(16(24)19-4-5-25-8-14(22)23)15(20)9-2-3-11(17)12(18)6-9/h2-3,6,10,15H,4-5,7-8H2,1H3,(H,19,24)(H,22,23). The van der Waals surface area contributed by atoms with E-state index in [0.717, 1.165) is 0 Å². The van der Waals surface area contributed by atoms with Gasteiger partial charge in [0.15, 0.2) is 0 Å². The molecule has 2 amide bonds. The van der Waals surface area contributed by atoms with E-state index in [1.807, 2.05) is 0 Å². The Hall–Kier alpha value is -2.19. The van der Waals surface area contributed by atoms with Gasteiger partial charge in [0.2, 0.25) is 11.8 Å². The largest absolute Gasteiger partial charge is 0.480 e. The number of hydrogen-bond donors (Lipinski definition) is 2. The molecule has 25 heavy (non-hydrogen) atoms. The van der Waals surface area contributed by atoms with Crippen LogP contribution in [0, 0.1) is 11.7 Å². The molecule has 2 N–H and O–H groups in total. The van der Waals surface area contributed by atoms with Crippen molar-refractivity contribution in [2.24, 2.45) is 5.92 Å². The zero-order valence-corrected chi connectivity index (χ0v) is 14.3. The Bertz CT molecular complexity index is 684. The fourth-order valence-corrected chi connectivity index (χ4v) is 2.91. The maximum atomic E-state index is 13.7. The van der Waals surface area contributed by atoms with E-state index in [9.17, 15) is 18.8 Å². The first-order valence-electron chi connectivity index (χ1n) is 7.59. The molecule has 7 nitrogen and oxygen atoms in total. The normalized spacial score (nSPS) is 20.0. The summed E-state index contributed by atoms with van der Waals surface area (Å²) in [5, 5.41) is 11.0. The van der Waals surface area contributed by atoms with E-state index >= 15 is 0 Å². The molecule has 1 fully saturated rings. The van der Waals surface area contributed by atoms with E-state index in [0.29, 0.717) is 5.56 Å². The molecule has 9 heteroatoms. The Morgan fingerprint density at radius 3 is 2.84 bits per heavy atom. The van der Waals surface area contributed by atoms with Gasteiger partial charge >= 0.3 is 5.97 Å². The minimum Gasteiger partial charge on any atom is -0.480 e. The van der Waals surface area contributed by atoms with E-state index in [1.54, 1.807) is 13.1 Å². The number of amides is 2. The molecule has 1 aromatic rings. The summed E-state index contributed by atoms with van der Waals surface area (Å²) in [5.74, 6) is -3.00. The number of carbonyl (C=O) groups is 3. The third-order valence-electron chi connectivity index (χ3n) is 3.98. The number of likely N-dealkylation sites (tertiary alicyclic amines) is 1. The molecular formula is C16H18ClFN2O5. The molecule has 0 bridgehead atoms. The number of ether oxygens (including phenoxy) is 1. The predicted molar refractivity (Wildman–Crippen MR) is 86.5 cm³/mol. The highest BCUT2D eigenvalue weighted by atomic mass is 35.5. The average molecular weight is 373 g/mol. The van der Waals surface area contributed by atoms with Crippen molar-refractivity contribution >= 4 is 29.4 Å². The van der Waals surface area contributed by atoms with Gasteiger partial charge in [-0.2, -0.15) is 0 Å². The number of nitrogens with one attached hydrogen (secondary N) is 1. The van der Waals surface area contributed by atoms with Gasteiger partial charge in [-0.15, -0.1) is 0 Å². The van der Waals surface area contributed by atoms with Crippen LogP contribution in [-0.2, 0) is 19.1 Å². The first kappa shape index (κ1) is 19.1. The summed E-state index contributed by atoms with van der Waals surface area (Å²) in [5.41, 5.74) is 0.484. The van der Waals surface area contributed by atoms with E-state index in [4.69, 9.17) is 21.4 Å². The molecular weight excluding hydrogens is 355 g/mol. The SMILES string of the molecule is CN1C(=O)CC(C(=O)NCCOCC(=O)O)C1c1ccc(Cl)c(F)c1. The Balaban J connectivity index is 2.04. The number of hydrogen-bond acceptors (Lipinski definition) is 4. The zero-order valence-electron chi connectivity index (χ0n) is 13.5. The van der Waals surface area contributed by atoms with E-state index in [2.05, 4.69) is 5.32 Å². The first-order valence-corrected chi connectivity index (χ1v) is 7.97. The summed E-state index contributed by atoms with van der Waals surface area (Å²) in [7, 11) is 1.56. The molecule has 0 aliphatic carbocycles. The fraction of sp³-hybridized carbons (Fsp3) is 0.438. The minimum atomic E-state index is -1.10. The van der Waals surface area contributed by atoms with E-state index in [-0.39, 0.29) is 36.4 Å². The fourth-order valence-electron chi connectivity index (χ4n) is 2.79. The van der Waals surface area contributed by atoms with Crippen molar-refractivity contribution in [1.82, 2.24) is 10.2 Å². The first-order chi connectivity index (χ1) is 11.8. The molecule has 1 saturated heterocycles. The number of benzene rings is 1. The summed E-state index contributed by atoms with van der Waals surface area (Å²) < 4.78 is 18.6. The highest BCUT2D eigenvalue weighted by Crippen LogP contribution is 2.37. The van der Waals surface area contributed by atoms with Crippen LogP contribution in [0.2, 0.25) is 5.02 Å². The summed E-state index contributed by atoms with van der Waals surface area (Å²) in [6.07, 6.45) is 0.00717. The van der Waals surface area contributed by atoms with Gasteiger partial charge in [-0.05, 0) is 17.7 Å². The van der Waals surface area contributed by atoms with Crippen LogP contribution < -0.4 is 5.32 Å². The van der Waals surface area contributed by atoms with Crippen LogP contribution >= 0.6 is 11.6 Å². The molecule has 0 saturated carbocycles. The molecule has 1 aromatic carbocycles. The van der Waals surface area contributed by atoms with Crippen molar-refractivity contribution in [3.8, 4) is 0 Å². The number of aliphatic carboxylic acids is 1. The van der Waals surface area contributed by atoms with E-state index < -0.39 is 30.4 Å². The Morgan fingerprint density at radius 1 is 1.48 bits per heavy atom. The number of halogens is 2. The van der Waals surface area contributed by atoms with Crippen LogP contribution in [0.5, 0.6) is 0 Å². The molecule has 1 heterocycles. The third kappa shape index (κ3) is 4.67. The molecule has 0 aromatic heterocycles. The van der Waals surface area contributed by atoms with Gasteiger partial charge in [0.05, 0.1) is 23.6 Å². The lowest BCUT2D eigenvalue weighted by Crippen LogP contribution is -2.36. The van der Waals surface area contributed by atoms with E-state index in [1.165, 1.54) is 17.0 Å². The van der Waals surface area contributed by atoms with Gasteiger partial charge < -0.3 is 20.1 Å². The summed E-state index contributed by atoms with van der Waals surface area (Å²) in [6, 6.07) is 3.59. The second-order valence-corrected chi connectivity index (χ2v) is 6.08. The van der Waals surface area contributed by atoms with Gasteiger partial charge in [0.1, 0.15) is 12.4 Å². The van der Waals surface area contributed by atoms with Crippen molar-refractivity contribution in [2.75, 3.05) is 26.8 Å². The number of carbonyl (C=O) groups excluding carboxylic acids is 2. The van der Waals surface area contributed by atoms with Crippen molar-refractivity contribution < 1.29 is 28.6 Å². The maximum absolute atomic E-state index is 13.7. The quantitative estimate of drug-likeness (QED) is 0.701. The lowest BCUT2D eigenvalue weighted by Gasteiger charge is -2.25. The zero-order chi connectivity index (χ0) is 18.6. The van der Waals surface area contributed by atoms with Gasteiger partial charge in [-0.1, -0.05) is 17.7 Å². The van der Waals surface area contributed by atoms with Crippen LogP contribution in [0.3, 0.4) is 0 Å². The molecule has 0 radical (unpaired) electrons. The molecule has 0 spiro atoms. The molecule has 2 unspecified atom stereocenters. The second-order valence-electron chi connectivity index (χ2n) is 5.67. The molecule has 2 rings (SSSR count). The summed E-state index contributed by atoms with van der Waals surface area (Å²) >= 11 is 5.68. The number of carboxylic acids is 1. The van der Waals surface area contributed by atoms with Crippen LogP contribution in [0.25, 0.3) is 0 Å². The monoisotopic (exact) mass is 372 g/mol. The molecule has 1 aliphatic rings. The maximum Gasteiger partial charge on any atom is 0.329 e. The highest BCUT2D eigenvalue weighted by molar-refractivity contribution is 6.30. The Labute approximate surface area is 148 Å². The lowest BCUT2D eigenvalue weighted by molar-refractivity contribution is -0.142. The molecule has 2 atom stereocenters. The number of rotatable bonds is 7. The second kappa shape index (κ2) is 8.26. The molecule has 1 aliphatic heterocycles. The Kier molecular flexibility index (Phi) is 6.33. The number of carboxylic acid groups (broad SMARTS) is 1. The Morgan fingerprint density at radius 2 is 2.20 bits per heavy atom. The minimum absolute atomic E-state index is 0.00717. The van der Waals surface area contributed by atoms with Crippen molar-refractivity contribution in [3.63, 3.8) is 0 Å². The van der Waals surface area contributed by atoms with Crippen LogP contribution in [0.15, 0.2) is 18.2 Å². The third-order valence-corrected chi connectivity index (χ3v) is 4.29. The van der Waals surface area contributed by atoms with Gasteiger partial charge in [-0.3, -0.25) is 9.59 Å². The summed E-state index contributed by atoms with van der Waals surface area (Å²) in [6.45, 7) is -0.301. The topological polar surface area (TPSA) is 95.9 Å². The predicted octanol–water partition coefficient (Wildman–Crippen LogP) is 1.22.